The van der Waals surface area contributed by atoms with Crippen LogP contribution in [0.2, 0.25) is 0 Å². The van der Waals surface area contributed by atoms with Crippen LogP contribution in [-0.4, -0.2) is 38.4 Å². The molecule has 1 aliphatic heterocycles. The van der Waals surface area contributed by atoms with Crippen LogP contribution in [0.25, 0.3) is 28.0 Å². The second-order valence-electron chi connectivity index (χ2n) is 14.6. The molecule has 2 aromatic carbocycles. The molecule has 1 aliphatic rings. The van der Waals surface area contributed by atoms with Crippen molar-refractivity contribution in [3.8, 4) is 22.4 Å². The quantitative estimate of drug-likeness (QED) is 0.154. The lowest BCUT2D eigenvalue weighted by Crippen LogP contribution is -2.48. The number of H-pyrrole nitrogens is 1. The van der Waals surface area contributed by atoms with Crippen LogP contribution in [0.15, 0.2) is 84.2 Å². The molecular weight excluding hydrogens is 639 g/mol. The number of rotatable bonds is 11. The fourth-order valence-electron chi connectivity index (χ4n) is 5.89. The standard InChI is InChI=1S/C40H44F3N5O2/c1-23(2)31(19-34(49)29-16-17-35(45-20-29)40(41,42)43)37-46-22-33(47-37)28-14-12-26(13-15-28)25-8-10-27(11-9-25)30-18-32(44-21-30)36(24(3)4)48-38(50)39(5,6)7/h8-17,20-24,31,36H,18-19H2,1-7H3,(H,46,47)(H,48,50)/t31-,36-/m0/s1. The molecule has 0 saturated heterocycles. The van der Waals surface area contributed by atoms with Crippen molar-refractivity contribution in [1.82, 2.24) is 20.3 Å². The third-order valence-electron chi connectivity index (χ3n) is 9.07. The van der Waals surface area contributed by atoms with E-state index in [9.17, 15) is 22.8 Å². The number of Topliss-reactive ketones (excluding diaryl/α,β-unsaturated/α-hetero) is 1. The number of aromatic amines is 1. The summed E-state index contributed by atoms with van der Waals surface area (Å²) in [6.45, 7) is 13.9. The summed E-state index contributed by atoms with van der Waals surface area (Å²) in [4.78, 5) is 41.8. The zero-order valence-corrected chi connectivity index (χ0v) is 29.5. The van der Waals surface area contributed by atoms with Crippen LogP contribution in [0.5, 0.6) is 0 Å². The third-order valence-corrected chi connectivity index (χ3v) is 9.07. The van der Waals surface area contributed by atoms with Crippen molar-refractivity contribution in [1.29, 1.82) is 0 Å². The van der Waals surface area contributed by atoms with Gasteiger partial charge in [0.05, 0.1) is 17.9 Å². The molecule has 10 heteroatoms. The fraction of sp³-hybridized carbons (Fsp3) is 0.375. The molecule has 3 heterocycles. The molecule has 5 rings (SSSR count). The molecule has 0 aliphatic carbocycles. The molecular formula is C40H44F3N5O2. The van der Waals surface area contributed by atoms with E-state index in [-0.39, 0.29) is 47.5 Å². The van der Waals surface area contributed by atoms with Gasteiger partial charge in [0, 0.05) is 47.8 Å². The first-order valence-corrected chi connectivity index (χ1v) is 16.9. The van der Waals surface area contributed by atoms with Crippen molar-refractivity contribution in [3.63, 3.8) is 0 Å². The summed E-state index contributed by atoms with van der Waals surface area (Å²) < 4.78 is 38.7. The number of hydrogen-bond acceptors (Lipinski definition) is 5. The van der Waals surface area contributed by atoms with Crippen molar-refractivity contribution in [2.75, 3.05) is 0 Å². The highest BCUT2D eigenvalue weighted by Crippen LogP contribution is 2.33. The van der Waals surface area contributed by atoms with Gasteiger partial charge in [-0.1, -0.05) is 97.0 Å². The molecule has 0 spiro atoms. The number of imidazole rings is 1. The van der Waals surface area contributed by atoms with Gasteiger partial charge >= 0.3 is 6.18 Å². The fourth-order valence-corrected chi connectivity index (χ4v) is 5.89. The topological polar surface area (TPSA) is 100 Å². The van der Waals surface area contributed by atoms with E-state index in [2.05, 4.69) is 58.4 Å². The third kappa shape index (κ3) is 8.46. The Morgan fingerprint density at radius 1 is 0.800 bits per heavy atom. The second-order valence-corrected chi connectivity index (χ2v) is 14.6. The van der Waals surface area contributed by atoms with Gasteiger partial charge in [-0.2, -0.15) is 13.2 Å². The van der Waals surface area contributed by atoms with Crippen LogP contribution < -0.4 is 5.32 Å². The minimum Gasteiger partial charge on any atom is -0.347 e. The summed E-state index contributed by atoms with van der Waals surface area (Å²) >= 11 is 0. The number of nitrogens with zero attached hydrogens (tertiary/aromatic N) is 3. The van der Waals surface area contributed by atoms with Gasteiger partial charge in [-0.3, -0.25) is 19.6 Å². The van der Waals surface area contributed by atoms with E-state index in [1.165, 1.54) is 6.07 Å². The van der Waals surface area contributed by atoms with Gasteiger partial charge in [0.1, 0.15) is 11.5 Å². The van der Waals surface area contributed by atoms with Crippen LogP contribution in [0.1, 0.15) is 94.7 Å². The van der Waals surface area contributed by atoms with Gasteiger partial charge in [0.15, 0.2) is 5.78 Å². The first-order valence-electron chi connectivity index (χ1n) is 16.9. The first kappa shape index (κ1) is 36.4. The average Bonchev–Trinajstić information content (AvgIpc) is 3.76. The second kappa shape index (κ2) is 14.5. The number of carbonyl (C=O) groups excluding carboxylic acids is 2. The predicted octanol–water partition coefficient (Wildman–Crippen LogP) is 9.54. The Morgan fingerprint density at radius 2 is 1.40 bits per heavy atom. The van der Waals surface area contributed by atoms with Gasteiger partial charge in [-0.05, 0) is 51.8 Å². The number of amides is 1. The molecule has 0 bridgehead atoms. The van der Waals surface area contributed by atoms with E-state index < -0.39 is 17.3 Å². The van der Waals surface area contributed by atoms with Gasteiger partial charge < -0.3 is 10.3 Å². The summed E-state index contributed by atoms with van der Waals surface area (Å²) in [5.74, 6) is 0.374. The normalized spacial score (nSPS) is 14.8. The number of alkyl halides is 3. The van der Waals surface area contributed by atoms with Gasteiger partial charge in [0.2, 0.25) is 5.91 Å². The average molecular weight is 684 g/mol. The summed E-state index contributed by atoms with van der Waals surface area (Å²) in [6, 6.07) is 18.4. The maximum absolute atomic E-state index is 13.0. The molecule has 2 aromatic heterocycles. The zero-order valence-electron chi connectivity index (χ0n) is 29.5. The molecule has 1 amide bonds. The van der Waals surface area contributed by atoms with Gasteiger partial charge in [-0.25, -0.2) is 4.98 Å². The van der Waals surface area contributed by atoms with Crippen LogP contribution in [0.3, 0.4) is 0 Å². The summed E-state index contributed by atoms with van der Waals surface area (Å²) in [5, 5.41) is 3.19. The molecule has 0 unspecified atom stereocenters. The number of halogens is 3. The van der Waals surface area contributed by atoms with Gasteiger partial charge in [0.25, 0.3) is 0 Å². The maximum Gasteiger partial charge on any atom is 0.433 e. The maximum atomic E-state index is 13.0. The largest absolute Gasteiger partial charge is 0.433 e. The Bertz CT molecular complexity index is 1880. The Balaban J connectivity index is 1.22. The molecule has 0 radical (unpaired) electrons. The molecule has 4 aromatic rings. The first-order chi connectivity index (χ1) is 23.5. The van der Waals surface area contributed by atoms with E-state index in [0.29, 0.717) is 12.2 Å². The minimum absolute atomic E-state index is 0.0136. The highest BCUT2D eigenvalue weighted by Gasteiger charge is 2.33. The lowest BCUT2D eigenvalue weighted by molar-refractivity contribution is -0.141. The Kier molecular flexibility index (Phi) is 10.6. The lowest BCUT2D eigenvalue weighted by Gasteiger charge is -2.27. The molecule has 262 valence electrons. The van der Waals surface area contributed by atoms with Crippen LogP contribution in [0, 0.1) is 17.3 Å². The number of hydrogen-bond donors (Lipinski definition) is 2. The van der Waals surface area contributed by atoms with Gasteiger partial charge in [-0.15, -0.1) is 0 Å². The van der Waals surface area contributed by atoms with E-state index >= 15 is 0 Å². The van der Waals surface area contributed by atoms with E-state index in [1.807, 2.05) is 65.1 Å². The number of allylic oxidation sites excluding steroid dienone is 1. The number of ketones is 1. The number of carbonyl (C=O) groups is 2. The predicted molar refractivity (Wildman–Crippen MR) is 191 cm³/mol. The Hall–Kier alpha value is -4.86. The van der Waals surface area contributed by atoms with Crippen LogP contribution in [0.4, 0.5) is 13.2 Å². The lowest BCUT2D eigenvalue weighted by atomic mass is 9.88. The molecule has 2 N–H and O–H groups in total. The number of aliphatic imine (C=N–C) groups is 1. The number of aromatic nitrogens is 3. The smallest absolute Gasteiger partial charge is 0.347 e. The SMILES string of the molecule is CC(C)[C@H](NC(=O)C(C)(C)C)C1=NC=C(c2ccc(-c3ccc(-c4cnc([C@@H](CC(=O)c5ccc(C(F)(F)F)nc5)C(C)C)[nH]4)cc3)cc2)C1. The number of nitrogens with one attached hydrogen (secondary N) is 2. The Morgan fingerprint density at radius 3 is 1.92 bits per heavy atom. The summed E-state index contributed by atoms with van der Waals surface area (Å²) in [5.41, 5.74) is 5.67. The van der Waals surface area contributed by atoms with E-state index in [1.54, 1.807) is 6.20 Å². The summed E-state index contributed by atoms with van der Waals surface area (Å²) in [7, 11) is 0. The molecule has 7 nitrogen and oxygen atoms in total. The zero-order chi connectivity index (χ0) is 36.4. The molecule has 0 saturated carbocycles. The van der Waals surface area contributed by atoms with E-state index in [0.717, 1.165) is 51.5 Å². The van der Waals surface area contributed by atoms with Crippen molar-refractivity contribution >= 4 is 23.0 Å². The molecule has 0 fully saturated rings. The monoisotopic (exact) mass is 683 g/mol. The van der Waals surface area contributed by atoms with E-state index in [4.69, 9.17) is 4.99 Å². The minimum atomic E-state index is -4.56. The van der Waals surface area contributed by atoms with Crippen molar-refractivity contribution in [2.45, 2.75) is 79.4 Å². The van der Waals surface area contributed by atoms with Crippen molar-refractivity contribution in [3.05, 3.63) is 102 Å². The highest BCUT2D eigenvalue weighted by atomic mass is 19.4. The Labute approximate surface area is 291 Å². The van der Waals surface area contributed by atoms with Crippen LogP contribution in [-0.2, 0) is 11.0 Å². The van der Waals surface area contributed by atoms with Crippen molar-refractivity contribution in [2.24, 2.45) is 22.2 Å². The van der Waals surface area contributed by atoms with Crippen molar-refractivity contribution < 1.29 is 22.8 Å². The van der Waals surface area contributed by atoms with Crippen LogP contribution >= 0.6 is 0 Å². The molecule has 2 atom stereocenters. The molecule has 50 heavy (non-hydrogen) atoms. The highest BCUT2D eigenvalue weighted by molar-refractivity contribution is 6.03. The number of pyridine rings is 1. The summed E-state index contributed by atoms with van der Waals surface area (Å²) in [6.07, 6.45) is 0.844. The number of benzene rings is 2.